The lowest BCUT2D eigenvalue weighted by molar-refractivity contribution is -0.0511. The van der Waals surface area contributed by atoms with Gasteiger partial charge in [-0.1, -0.05) is 35.5 Å². The fourth-order valence-electron chi connectivity index (χ4n) is 3.04. The fourth-order valence-corrected chi connectivity index (χ4v) is 4.10. The largest absolute Gasteiger partial charge is 0.394 e. The van der Waals surface area contributed by atoms with Gasteiger partial charge in [-0.05, 0) is 17.7 Å². The molecule has 3 heterocycles. The molecule has 4 rings (SSSR count). The van der Waals surface area contributed by atoms with Crippen LogP contribution in [0, 0.1) is 0 Å². The number of hydrogen-bond acceptors (Lipinski definition) is 9. The van der Waals surface area contributed by atoms with Crippen molar-refractivity contribution in [2.45, 2.75) is 35.3 Å². The summed E-state index contributed by atoms with van der Waals surface area (Å²) in [5, 5.41) is 30.8. The number of benzene rings is 1. The van der Waals surface area contributed by atoms with Crippen LogP contribution in [0.1, 0.15) is 11.8 Å². The van der Waals surface area contributed by atoms with Crippen LogP contribution in [-0.2, 0) is 10.5 Å². The van der Waals surface area contributed by atoms with Crippen LogP contribution in [0.3, 0.4) is 0 Å². The Kier molecular flexibility index (Phi) is 5.41. The molecule has 28 heavy (non-hydrogen) atoms. The van der Waals surface area contributed by atoms with Crippen molar-refractivity contribution in [2.75, 3.05) is 12.3 Å². The third kappa shape index (κ3) is 3.54. The van der Waals surface area contributed by atoms with Gasteiger partial charge in [-0.3, -0.25) is 4.57 Å². The van der Waals surface area contributed by atoms with Gasteiger partial charge >= 0.3 is 0 Å². The predicted octanol–water partition coefficient (Wildman–Crippen LogP) is 0.966. The van der Waals surface area contributed by atoms with Crippen LogP contribution in [-0.4, -0.2) is 59.8 Å². The van der Waals surface area contributed by atoms with E-state index in [1.54, 1.807) is 0 Å². The molecule has 148 valence electrons. The zero-order chi connectivity index (χ0) is 19.8. The van der Waals surface area contributed by atoms with Crippen molar-refractivity contribution >= 4 is 40.5 Å². The highest BCUT2D eigenvalue weighted by Gasteiger charge is 2.44. The number of aliphatic hydroxyl groups excluding tert-OH is 3. The zero-order valence-corrected chi connectivity index (χ0v) is 16.1. The Labute approximate surface area is 169 Å². The first kappa shape index (κ1) is 19.4. The Morgan fingerprint density at radius 3 is 2.61 bits per heavy atom. The second-order valence-electron chi connectivity index (χ2n) is 6.36. The molecular formula is C17H18ClN5O4S. The Morgan fingerprint density at radius 2 is 1.93 bits per heavy atom. The van der Waals surface area contributed by atoms with Crippen LogP contribution < -0.4 is 5.73 Å². The van der Waals surface area contributed by atoms with Gasteiger partial charge in [0.25, 0.3) is 0 Å². The summed E-state index contributed by atoms with van der Waals surface area (Å²) >= 11 is 7.36. The van der Waals surface area contributed by atoms with Gasteiger partial charge < -0.3 is 25.8 Å². The van der Waals surface area contributed by atoms with Gasteiger partial charge in [-0.25, -0.2) is 9.97 Å². The van der Waals surface area contributed by atoms with Crippen molar-refractivity contribution in [3.63, 3.8) is 0 Å². The number of imidazole rings is 1. The number of aromatic nitrogens is 4. The second-order valence-corrected chi connectivity index (χ2v) is 7.76. The summed E-state index contributed by atoms with van der Waals surface area (Å²) in [6.45, 7) is -0.416. The molecule has 2 aromatic heterocycles. The number of hydrogen-bond donors (Lipinski definition) is 4. The average molecular weight is 424 g/mol. The predicted molar refractivity (Wildman–Crippen MR) is 104 cm³/mol. The molecule has 1 fully saturated rings. The minimum atomic E-state index is -1.24. The Balaban J connectivity index is 1.64. The van der Waals surface area contributed by atoms with E-state index in [1.807, 2.05) is 24.3 Å². The van der Waals surface area contributed by atoms with E-state index in [4.69, 9.17) is 22.1 Å². The zero-order valence-electron chi connectivity index (χ0n) is 14.5. The molecule has 1 aromatic carbocycles. The summed E-state index contributed by atoms with van der Waals surface area (Å²) in [6.07, 6.45) is -2.84. The highest BCUT2D eigenvalue weighted by Crippen LogP contribution is 2.34. The highest BCUT2D eigenvalue weighted by atomic mass is 35.5. The van der Waals surface area contributed by atoms with Crippen LogP contribution >= 0.6 is 23.4 Å². The number of rotatable bonds is 5. The summed E-state index contributed by atoms with van der Waals surface area (Å²) in [5.74, 6) is 0.684. The molecule has 1 aliphatic rings. The Morgan fingerprint density at radius 1 is 1.18 bits per heavy atom. The van der Waals surface area contributed by atoms with Crippen LogP contribution in [0.15, 0.2) is 35.6 Å². The minimum Gasteiger partial charge on any atom is -0.394 e. The van der Waals surface area contributed by atoms with E-state index < -0.39 is 31.1 Å². The third-order valence-corrected chi connectivity index (χ3v) is 5.77. The van der Waals surface area contributed by atoms with Crippen LogP contribution in [0.2, 0.25) is 5.02 Å². The molecule has 1 aliphatic heterocycles. The maximum Gasteiger partial charge on any atom is 0.223 e. The van der Waals surface area contributed by atoms with Gasteiger partial charge in [-0.2, -0.15) is 4.98 Å². The van der Waals surface area contributed by atoms with Crippen molar-refractivity contribution in [3.8, 4) is 0 Å². The van der Waals surface area contributed by atoms with Gasteiger partial charge in [0.05, 0.1) is 12.9 Å². The van der Waals surface area contributed by atoms with Crippen molar-refractivity contribution in [1.82, 2.24) is 19.5 Å². The number of thioether (sulfide) groups is 1. The molecule has 3 aromatic rings. The first-order valence-corrected chi connectivity index (χ1v) is 9.84. The molecule has 4 atom stereocenters. The summed E-state index contributed by atoms with van der Waals surface area (Å²) in [5.41, 5.74) is 7.81. The Hall–Kier alpha value is -1.95. The molecular weight excluding hydrogens is 406 g/mol. The monoisotopic (exact) mass is 423 g/mol. The van der Waals surface area contributed by atoms with E-state index in [-0.39, 0.29) is 5.95 Å². The van der Waals surface area contributed by atoms with E-state index in [0.717, 1.165) is 5.56 Å². The minimum absolute atomic E-state index is 0.0552. The molecule has 11 heteroatoms. The standard InChI is InChI=1S/C17H18ClN5O4S/c18-9-3-1-8(2-4-9)6-28-15-11-14(21-17(19)22-15)23(7-20-11)16-13(26)12(25)10(5-24)27-16/h1-4,7,10,12-13,16,24-26H,5-6H2,(H2,19,21,22)/t10-,12+,13+,16-/m0/s1. The van der Waals surface area contributed by atoms with Gasteiger partial charge in [0, 0.05) is 10.8 Å². The number of nitrogens with two attached hydrogens (primary N) is 1. The summed E-state index contributed by atoms with van der Waals surface area (Å²) < 4.78 is 7.05. The number of fused-ring (bicyclic) bond motifs is 1. The van der Waals surface area contributed by atoms with E-state index in [2.05, 4.69) is 15.0 Å². The van der Waals surface area contributed by atoms with Crippen molar-refractivity contribution < 1.29 is 20.1 Å². The van der Waals surface area contributed by atoms with Gasteiger partial charge in [0.15, 0.2) is 11.9 Å². The van der Waals surface area contributed by atoms with Crippen LogP contribution in [0.5, 0.6) is 0 Å². The van der Waals surface area contributed by atoms with Crippen molar-refractivity contribution in [1.29, 1.82) is 0 Å². The molecule has 9 nitrogen and oxygen atoms in total. The molecule has 0 bridgehead atoms. The van der Waals surface area contributed by atoms with E-state index in [9.17, 15) is 15.3 Å². The number of aliphatic hydroxyl groups is 3. The topological polar surface area (TPSA) is 140 Å². The fraction of sp³-hybridized carbons (Fsp3) is 0.353. The van der Waals surface area contributed by atoms with Crippen molar-refractivity contribution in [3.05, 3.63) is 41.2 Å². The number of anilines is 1. The molecule has 0 amide bonds. The smallest absolute Gasteiger partial charge is 0.223 e. The normalized spacial score (nSPS) is 24.9. The lowest BCUT2D eigenvalue weighted by Gasteiger charge is -2.16. The lowest BCUT2D eigenvalue weighted by Crippen LogP contribution is -2.33. The SMILES string of the molecule is Nc1nc(SCc2ccc(Cl)cc2)c2ncn([C@H]3O[C@@H](CO)[C@@H](O)[C@H]3O)c2n1. The molecule has 1 saturated heterocycles. The summed E-state index contributed by atoms with van der Waals surface area (Å²) in [6, 6.07) is 7.49. The summed E-state index contributed by atoms with van der Waals surface area (Å²) in [7, 11) is 0. The average Bonchev–Trinajstić information content (AvgIpc) is 3.22. The second kappa shape index (κ2) is 7.82. The van der Waals surface area contributed by atoms with Crippen LogP contribution in [0.4, 0.5) is 5.95 Å². The van der Waals surface area contributed by atoms with E-state index >= 15 is 0 Å². The molecule has 0 spiro atoms. The van der Waals surface area contributed by atoms with Gasteiger partial charge in [0.1, 0.15) is 28.9 Å². The molecule has 5 N–H and O–H groups in total. The highest BCUT2D eigenvalue weighted by molar-refractivity contribution is 7.98. The number of ether oxygens (including phenoxy) is 1. The van der Waals surface area contributed by atoms with Crippen LogP contribution in [0.25, 0.3) is 11.2 Å². The number of nitrogen functional groups attached to an aromatic ring is 1. The molecule has 0 radical (unpaired) electrons. The van der Waals surface area contributed by atoms with E-state index in [0.29, 0.717) is 27.0 Å². The van der Waals surface area contributed by atoms with E-state index in [1.165, 1.54) is 22.7 Å². The number of halogens is 1. The maximum absolute atomic E-state index is 10.3. The molecule has 0 unspecified atom stereocenters. The van der Waals surface area contributed by atoms with Gasteiger partial charge in [-0.15, -0.1) is 0 Å². The molecule has 0 saturated carbocycles. The summed E-state index contributed by atoms with van der Waals surface area (Å²) in [4.78, 5) is 12.8. The number of nitrogens with zero attached hydrogens (tertiary/aromatic N) is 4. The van der Waals surface area contributed by atoms with Gasteiger partial charge in [0.2, 0.25) is 5.95 Å². The quantitative estimate of drug-likeness (QED) is 0.349. The third-order valence-electron chi connectivity index (χ3n) is 4.49. The first-order valence-electron chi connectivity index (χ1n) is 8.47. The molecule has 0 aliphatic carbocycles. The first-order chi connectivity index (χ1) is 13.5. The van der Waals surface area contributed by atoms with Crippen molar-refractivity contribution in [2.24, 2.45) is 0 Å². The maximum atomic E-state index is 10.3. The lowest BCUT2D eigenvalue weighted by atomic mass is 10.1. The Bertz CT molecular complexity index is 986.